The van der Waals surface area contributed by atoms with E-state index in [1.165, 1.54) is 0 Å². The molecule has 2 heterocycles. The Bertz CT molecular complexity index is 426. The van der Waals surface area contributed by atoms with Gasteiger partial charge < -0.3 is 11.5 Å². The Labute approximate surface area is 86.4 Å². The van der Waals surface area contributed by atoms with Crippen LogP contribution < -0.4 is 11.5 Å². The summed E-state index contributed by atoms with van der Waals surface area (Å²) >= 11 is 0. The van der Waals surface area contributed by atoms with Gasteiger partial charge in [-0.15, -0.1) is 0 Å². The van der Waals surface area contributed by atoms with Crippen molar-refractivity contribution in [3.8, 4) is 0 Å². The Balaban J connectivity index is 2.22. The van der Waals surface area contributed by atoms with Gasteiger partial charge in [0.1, 0.15) is 0 Å². The quantitative estimate of drug-likeness (QED) is 0.711. The van der Waals surface area contributed by atoms with Gasteiger partial charge in [0.25, 0.3) is 0 Å². The van der Waals surface area contributed by atoms with Crippen LogP contribution in [0.5, 0.6) is 0 Å². The van der Waals surface area contributed by atoms with Gasteiger partial charge in [0.2, 0.25) is 11.9 Å². The van der Waals surface area contributed by atoms with E-state index in [9.17, 15) is 0 Å². The lowest BCUT2D eigenvalue weighted by Crippen LogP contribution is -2.02. The third kappa shape index (κ3) is 2.37. The maximum absolute atomic E-state index is 5.46. The molecule has 0 saturated heterocycles. The normalized spacial score (nSPS) is 10.1. The topological polar surface area (TPSA) is 104 Å². The van der Waals surface area contributed by atoms with Crippen LogP contribution >= 0.6 is 0 Å². The van der Waals surface area contributed by atoms with Crippen LogP contribution in [-0.4, -0.2) is 19.9 Å². The lowest BCUT2D eigenvalue weighted by Gasteiger charge is -2.01. The number of rotatable bonds is 2. The van der Waals surface area contributed by atoms with Crippen molar-refractivity contribution in [3.05, 3.63) is 35.9 Å². The van der Waals surface area contributed by atoms with Gasteiger partial charge in [-0.25, -0.2) is 19.9 Å². The zero-order chi connectivity index (χ0) is 10.7. The minimum atomic E-state index is 0.259. The molecule has 0 saturated carbocycles. The molecule has 0 aliphatic carbocycles. The Morgan fingerprint density at radius 1 is 0.867 bits per heavy atom. The first-order valence-corrected chi connectivity index (χ1v) is 4.39. The fourth-order valence-electron chi connectivity index (χ4n) is 1.21. The van der Waals surface area contributed by atoms with E-state index in [1.807, 2.05) is 0 Å². The van der Waals surface area contributed by atoms with Gasteiger partial charge in [-0.05, 0) is 12.1 Å². The molecule has 76 valence electrons. The summed E-state index contributed by atoms with van der Waals surface area (Å²) in [5.74, 6) is 0.518. The number of nitrogens with zero attached hydrogens (tertiary/aromatic N) is 4. The summed E-state index contributed by atoms with van der Waals surface area (Å²) in [5.41, 5.74) is 12.5. The second kappa shape index (κ2) is 3.87. The highest BCUT2D eigenvalue weighted by atomic mass is 15.0. The third-order valence-corrected chi connectivity index (χ3v) is 1.83. The maximum atomic E-state index is 5.46. The highest BCUT2D eigenvalue weighted by Gasteiger charge is 2.00. The zero-order valence-electron chi connectivity index (χ0n) is 7.96. The smallest absolute Gasteiger partial charge is 0.220 e. The van der Waals surface area contributed by atoms with Crippen LogP contribution in [0.4, 0.5) is 11.9 Å². The van der Waals surface area contributed by atoms with E-state index in [2.05, 4.69) is 19.9 Å². The van der Waals surface area contributed by atoms with Crippen molar-refractivity contribution in [3.63, 3.8) is 0 Å². The Morgan fingerprint density at radius 3 is 1.73 bits per heavy atom. The predicted octanol–water partition coefficient (Wildman–Crippen LogP) is 0.0218. The molecule has 2 aromatic rings. The predicted molar refractivity (Wildman–Crippen MR) is 55.7 cm³/mol. The summed E-state index contributed by atoms with van der Waals surface area (Å²) < 4.78 is 0. The van der Waals surface area contributed by atoms with Crippen molar-refractivity contribution in [2.45, 2.75) is 6.42 Å². The molecule has 0 radical (unpaired) electrons. The SMILES string of the molecule is Nc1nccc(Cc2ccnc(N)n2)n1. The van der Waals surface area contributed by atoms with Crippen LogP contribution in [0.3, 0.4) is 0 Å². The molecule has 0 aromatic carbocycles. The van der Waals surface area contributed by atoms with Gasteiger partial charge in [-0.2, -0.15) is 0 Å². The molecular formula is C9H10N6. The first-order valence-electron chi connectivity index (χ1n) is 4.39. The number of aromatic nitrogens is 4. The van der Waals surface area contributed by atoms with E-state index in [1.54, 1.807) is 24.5 Å². The molecule has 0 amide bonds. The lowest BCUT2D eigenvalue weighted by molar-refractivity contribution is 0.980. The van der Waals surface area contributed by atoms with Crippen LogP contribution in [0.25, 0.3) is 0 Å². The van der Waals surface area contributed by atoms with Crippen LogP contribution in [0, 0.1) is 0 Å². The van der Waals surface area contributed by atoms with Crippen molar-refractivity contribution in [2.24, 2.45) is 0 Å². The van der Waals surface area contributed by atoms with E-state index in [-0.39, 0.29) is 11.9 Å². The van der Waals surface area contributed by atoms with Crippen LogP contribution in [0.1, 0.15) is 11.4 Å². The number of hydrogen-bond donors (Lipinski definition) is 2. The Kier molecular flexibility index (Phi) is 2.40. The zero-order valence-corrected chi connectivity index (χ0v) is 7.96. The van der Waals surface area contributed by atoms with Gasteiger partial charge in [0, 0.05) is 18.8 Å². The van der Waals surface area contributed by atoms with Crippen molar-refractivity contribution < 1.29 is 0 Å². The molecule has 0 unspecified atom stereocenters. The van der Waals surface area contributed by atoms with Gasteiger partial charge in [0.05, 0.1) is 11.4 Å². The lowest BCUT2D eigenvalue weighted by atomic mass is 10.2. The first kappa shape index (κ1) is 9.32. The van der Waals surface area contributed by atoms with Gasteiger partial charge in [-0.1, -0.05) is 0 Å². The van der Waals surface area contributed by atoms with Crippen molar-refractivity contribution >= 4 is 11.9 Å². The van der Waals surface area contributed by atoms with E-state index in [0.29, 0.717) is 6.42 Å². The number of nitrogen functional groups attached to an aromatic ring is 2. The van der Waals surface area contributed by atoms with E-state index in [0.717, 1.165) is 11.4 Å². The summed E-state index contributed by atoms with van der Waals surface area (Å²) in [6.07, 6.45) is 3.80. The van der Waals surface area contributed by atoms with E-state index < -0.39 is 0 Å². The molecule has 0 atom stereocenters. The molecule has 15 heavy (non-hydrogen) atoms. The minimum absolute atomic E-state index is 0.259. The van der Waals surface area contributed by atoms with Gasteiger partial charge in [-0.3, -0.25) is 0 Å². The molecule has 0 aliphatic rings. The van der Waals surface area contributed by atoms with Crippen LogP contribution in [0.15, 0.2) is 24.5 Å². The van der Waals surface area contributed by atoms with Crippen molar-refractivity contribution in [1.29, 1.82) is 0 Å². The largest absolute Gasteiger partial charge is 0.368 e. The number of anilines is 2. The first-order chi connectivity index (χ1) is 7.24. The average molecular weight is 202 g/mol. The summed E-state index contributed by atoms with van der Waals surface area (Å²) in [6.45, 7) is 0. The highest BCUT2D eigenvalue weighted by molar-refractivity contribution is 5.23. The van der Waals surface area contributed by atoms with E-state index >= 15 is 0 Å². The van der Waals surface area contributed by atoms with E-state index in [4.69, 9.17) is 11.5 Å². The summed E-state index contributed by atoms with van der Waals surface area (Å²) in [4.78, 5) is 15.7. The molecule has 4 N–H and O–H groups in total. The fraction of sp³-hybridized carbons (Fsp3) is 0.111. The molecule has 6 nitrogen and oxygen atoms in total. The Morgan fingerprint density at radius 2 is 1.33 bits per heavy atom. The van der Waals surface area contributed by atoms with Crippen LogP contribution in [-0.2, 0) is 6.42 Å². The molecule has 2 rings (SSSR count). The number of hydrogen-bond acceptors (Lipinski definition) is 6. The van der Waals surface area contributed by atoms with Gasteiger partial charge >= 0.3 is 0 Å². The second-order valence-electron chi connectivity index (χ2n) is 2.99. The molecule has 2 aromatic heterocycles. The average Bonchev–Trinajstić information content (AvgIpc) is 2.17. The van der Waals surface area contributed by atoms with Crippen molar-refractivity contribution in [1.82, 2.24) is 19.9 Å². The second-order valence-corrected chi connectivity index (χ2v) is 2.99. The highest BCUT2D eigenvalue weighted by Crippen LogP contribution is 2.05. The molecule has 0 aliphatic heterocycles. The molecular weight excluding hydrogens is 192 g/mol. The Hall–Kier alpha value is -2.24. The minimum Gasteiger partial charge on any atom is -0.368 e. The monoisotopic (exact) mass is 202 g/mol. The molecule has 0 bridgehead atoms. The van der Waals surface area contributed by atoms with Crippen molar-refractivity contribution in [2.75, 3.05) is 11.5 Å². The molecule has 0 spiro atoms. The summed E-state index contributed by atoms with van der Waals surface area (Å²) in [6, 6.07) is 3.57. The fourth-order valence-corrected chi connectivity index (χ4v) is 1.21. The third-order valence-electron chi connectivity index (χ3n) is 1.83. The standard InChI is InChI=1S/C9H10N6/c10-8-12-3-1-6(14-8)5-7-2-4-13-9(11)15-7/h1-4H,5H2,(H2,10,12,14)(H2,11,13,15). The summed E-state index contributed by atoms with van der Waals surface area (Å²) in [7, 11) is 0. The summed E-state index contributed by atoms with van der Waals surface area (Å²) in [5, 5.41) is 0. The van der Waals surface area contributed by atoms with Crippen LogP contribution in [0.2, 0.25) is 0 Å². The van der Waals surface area contributed by atoms with Gasteiger partial charge in [0.15, 0.2) is 0 Å². The number of nitrogens with two attached hydrogens (primary N) is 2. The molecule has 0 fully saturated rings. The molecule has 6 heteroatoms. The maximum Gasteiger partial charge on any atom is 0.220 e.